The third kappa shape index (κ3) is 5.69. The van der Waals surface area contributed by atoms with Crippen molar-refractivity contribution < 1.29 is 30.7 Å². The van der Waals surface area contributed by atoms with Crippen LogP contribution in [0.4, 0.5) is 30.7 Å². The van der Waals surface area contributed by atoms with E-state index in [2.05, 4.69) is 6.92 Å². The summed E-state index contributed by atoms with van der Waals surface area (Å²) in [4.78, 5) is 0. The van der Waals surface area contributed by atoms with Crippen LogP contribution >= 0.6 is 0 Å². The van der Waals surface area contributed by atoms with Gasteiger partial charge in [-0.1, -0.05) is 50.1 Å². The molecule has 0 bridgehead atoms. The van der Waals surface area contributed by atoms with Crippen molar-refractivity contribution in [2.75, 3.05) is 0 Å². The van der Waals surface area contributed by atoms with Crippen LogP contribution in [0.15, 0.2) is 42.5 Å². The van der Waals surface area contributed by atoms with Gasteiger partial charge in [0, 0.05) is 0 Å². The van der Waals surface area contributed by atoms with Crippen LogP contribution in [-0.2, 0) is 5.92 Å². The molecule has 0 saturated heterocycles. The zero-order chi connectivity index (χ0) is 25.4. The lowest BCUT2D eigenvalue weighted by atomic mass is 9.68. The predicted octanol–water partition coefficient (Wildman–Crippen LogP) is 9.58. The van der Waals surface area contributed by atoms with Crippen LogP contribution in [0.5, 0.6) is 0 Å². The Labute approximate surface area is 201 Å². The lowest BCUT2D eigenvalue weighted by molar-refractivity contribution is -0.248. The van der Waals surface area contributed by atoms with Crippen molar-refractivity contribution in [3.05, 3.63) is 59.4 Å². The van der Waals surface area contributed by atoms with Crippen LogP contribution in [0.3, 0.4) is 0 Å². The van der Waals surface area contributed by atoms with Gasteiger partial charge in [0.05, 0.1) is 5.56 Å². The molecule has 1 atom stereocenters. The van der Waals surface area contributed by atoms with E-state index in [9.17, 15) is 30.7 Å². The minimum Gasteiger partial charge on any atom is -0.230 e. The monoisotopic (exact) mass is 500 g/mol. The van der Waals surface area contributed by atoms with E-state index in [1.807, 2.05) is 12.1 Å². The van der Waals surface area contributed by atoms with Gasteiger partial charge in [-0.3, -0.25) is 0 Å². The fourth-order valence-corrected chi connectivity index (χ4v) is 5.94. The van der Waals surface area contributed by atoms with Gasteiger partial charge in [0.25, 0.3) is 6.17 Å². The normalized spacial score (nSPS) is 27.0. The van der Waals surface area contributed by atoms with Crippen molar-refractivity contribution in [3.8, 4) is 11.1 Å². The predicted molar refractivity (Wildman–Crippen MR) is 123 cm³/mol. The van der Waals surface area contributed by atoms with E-state index < -0.39 is 29.7 Å². The van der Waals surface area contributed by atoms with Crippen LogP contribution in [-0.4, -0.2) is 12.3 Å². The fraction of sp³-hybridized carbons (Fsp3) is 0.571. The summed E-state index contributed by atoms with van der Waals surface area (Å²) in [5, 5.41) is 0. The molecule has 0 radical (unpaired) electrons. The van der Waals surface area contributed by atoms with Gasteiger partial charge in [0.1, 0.15) is 5.82 Å². The fourth-order valence-electron chi connectivity index (χ4n) is 5.94. The Morgan fingerprint density at radius 2 is 1.23 bits per heavy atom. The highest BCUT2D eigenvalue weighted by atomic mass is 19.4. The van der Waals surface area contributed by atoms with E-state index in [0.29, 0.717) is 17.5 Å². The summed E-state index contributed by atoms with van der Waals surface area (Å²) in [6.45, 7) is 2.34. The van der Waals surface area contributed by atoms with Gasteiger partial charge in [-0.25, -0.2) is 8.78 Å². The van der Waals surface area contributed by atoms with Crippen molar-refractivity contribution in [2.45, 2.75) is 82.5 Å². The van der Waals surface area contributed by atoms with Crippen molar-refractivity contribution >= 4 is 0 Å². The quantitative estimate of drug-likeness (QED) is 0.359. The van der Waals surface area contributed by atoms with Gasteiger partial charge >= 0.3 is 12.1 Å². The zero-order valence-electron chi connectivity index (χ0n) is 19.7. The van der Waals surface area contributed by atoms with Crippen LogP contribution in [0.25, 0.3) is 11.1 Å². The maximum absolute atomic E-state index is 14.3. The van der Waals surface area contributed by atoms with Crippen molar-refractivity contribution in [1.82, 2.24) is 0 Å². The molecule has 0 aliphatic heterocycles. The van der Waals surface area contributed by atoms with Gasteiger partial charge in [-0.2, -0.15) is 22.0 Å². The largest absolute Gasteiger partial charge is 0.426 e. The third-order valence-electron chi connectivity index (χ3n) is 8.15. The van der Waals surface area contributed by atoms with E-state index in [1.54, 1.807) is 12.1 Å². The second-order valence-electron chi connectivity index (χ2n) is 10.5. The highest BCUT2D eigenvalue weighted by Crippen LogP contribution is 2.45. The molecule has 1 unspecified atom stereocenters. The Balaban J connectivity index is 1.41. The minimum atomic E-state index is -5.79. The summed E-state index contributed by atoms with van der Waals surface area (Å²) in [5.41, 5.74) is 0.372. The molecule has 35 heavy (non-hydrogen) atoms. The number of hydrogen-bond donors (Lipinski definition) is 0. The van der Waals surface area contributed by atoms with Gasteiger partial charge in [0.2, 0.25) is 0 Å². The molecule has 0 N–H and O–H groups in total. The zero-order valence-corrected chi connectivity index (χ0v) is 19.7. The Morgan fingerprint density at radius 1 is 0.714 bits per heavy atom. The second kappa shape index (κ2) is 10.1. The second-order valence-corrected chi connectivity index (χ2v) is 10.5. The van der Waals surface area contributed by atoms with Gasteiger partial charge in [-0.15, -0.1) is 0 Å². The summed E-state index contributed by atoms with van der Waals surface area (Å²) in [7, 11) is 0. The molecular weight excluding hydrogens is 469 g/mol. The molecular formula is C28H31F7. The Bertz CT molecular complexity index is 979. The van der Waals surface area contributed by atoms with Crippen LogP contribution in [0, 0.1) is 23.6 Å². The summed E-state index contributed by atoms with van der Waals surface area (Å²) < 4.78 is 92.9. The summed E-state index contributed by atoms with van der Waals surface area (Å²) in [5.74, 6) is -3.63. The molecule has 0 heterocycles. The first-order valence-electron chi connectivity index (χ1n) is 12.5. The van der Waals surface area contributed by atoms with E-state index in [-0.39, 0.29) is 5.56 Å². The molecule has 0 nitrogen and oxygen atoms in total. The average molecular weight is 501 g/mol. The molecule has 0 amide bonds. The summed E-state index contributed by atoms with van der Waals surface area (Å²) >= 11 is 0. The average Bonchev–Trinajstić information content (AvgIpc) is 2.83. The number of halogens is 7. The van der Waals surface area contributed by atoms with Crippen molar-refractivity contribution in [1.29, 1.82) is 0 Å². The molecule has 2 fully saturated rings. The third-order valence-corrected chi connectivity index (χ3v) is 8.15. The molecule has 7 heteroatoms. The van der Waals surface area contributed by atoms with Crippen molar-refractivity contribution in [3.63, 3.8) is 0 Å². The lowest BCUT2D eigenvalue weighted by Gasteiger charge is -2.37. The van der Waals surface area contributed by atoms with E-state index in [1.165, 1.54) is 44.1 Å². The Kier molecular flexibility index (Phi) is 7.54. The SMILES string of the molecule is CC1CCC(C2CCC(c3ccc(-c4ccc(C(F)(F)C(F)C(F)(F)F)c(F)c4)cc3)CC2)CC1. The number of benzene rings is 2. The molecule has 2 saturated carbocycles. The van der Waals surface area contributed by atoms with E-state index >= 15 is 0 Å². The maximum Gasteiger partial charge on any atom is 0.426 e. The highest BCUT2D eigenvalue weighted by molar-refractivity contribution is 5.64. The molecule has 0 spiro atoms. The molecule has 2 aliphatic carbocycles. The van der Waals surface area contributed by atoms with E-state index in [0.717, 1.165) is 42.7 Å². The van der Waals surface area contributed by atoms with Crippen LogP contribution in [0.1, 0.15) is 75.3 Å². The van der Waals surface area contributed by atoms with Gasteiger partial charge in [-0.05, 0) is 91.0 Å². The van der Waals surface area contributed by atoms with Crippen LogP contribution < -0.4 is 0 Å². The maximum atomic E-state index is 14.3. The number of rotatable bonds is 5. The number of hydrogen-bond acceptors (Lipinski definition) is 0. The first kappa shape index (κ1) is 26.0. The highest BCUT2D eigenvalue weighted by Gasteiger charge is 2.58. The van der Waals surface area contributed by atoms with Gasteiger partial charge < -0.3 is 0 Å². The first-order valence-corrected chi connectivity index (χ1v) is 12.5. The van der Waals surface area contributed by atoms with Gasteiger partial charge in [0.15, 0.2) is 0 Å². The molecule has 192 valence electrons. The molecule has 2 aliphatic rings. The molecule has 0 aromatic heterocycles. The standard InChI is InChI=1S/C28H31F7/c1-17-2-4-18(5-3-17)19-6-8-20(9-7-19)21-10-12-22(13-11-21)23-14-15-24(25(29)16-23)27(31,32)26(30)28(33,34)35/h10-20,26H,2-9H2,1H3. The minimum absolute atomic E-state index is 0.242. The molecule has 2 aromatic rings. The smallest absolute Gasteiger partial charge is 0.230 e. The summed E-state index contributed by atoms with van der Waals surface area (Å²) in [6.07, 6.45) is -0.229. The molecule has 2 aromatic carbocycles. The number of alkyl halides is 6. The topological polar surface area (TPSA) is 0 Å². The molecule has 4 rings (SSSR count). The first-order chi connectivity index (χ1) is 16.5. The lowest BCUT2D eigenvalue weighted by Crippen LogP contribution is -2.40. The summed E-state index contributed by atoms with van der Waals surface area (Å²) in [6, 6.07) is 9.80. The van der Waals surface area contributed by atoms with E-state index in [4.69, 9.17) is 0 Å². The van der Waals surface area contributed by atoms with Crippen molar-refractivity contribution in [2.24, 2.45) is 17.8 Å². The Hall–Kier alpha value is -2.05. The Morgan fingerprint density at radius 3 is 1.74 bits per heavy atom. The van der Waals surface area contributed by atoms with Crippen LogP contribution in [0.2, 0.25) is 0 Å².